The van der Waals surface area contributed by atoms with Crippen molar-refractivity contribution in [1.82, 2.24) is 5.32 Å². The Morgan fingerprint density at radius 1 is 1.35 bits per heavy atom. The summed E-state index contributed by atoms with van der Waals surface area (Å²) in [5.74, 6) is 0. The molecule has 1 aliphatic carbocycles. The van der Waals surface area contributed by atoms with Crippen LogP contribution < -0.4 is 5.32 Å². The number of benzene rings is 1. The molecule has 2 aliphatic rings. The molecule has 3 rings (SSSR count). The zero-order valence-electron chi connectivity index (χ0n) is 10.2. The maximum atomic E-state index is 4.23. The molecule has 88 valence electrons. The molecular weight excluding hydrogens is 208 g/mol. The number of hydrogen-bond acceptors (Lipinski definition) is 2. The Kier molecular flexibility index (Phi) is 2.71. The first-order valence-electron chi connectivity index (χ1n) is 6.34. The number of rotatable bonds is 2. The Labute approximate surface area is 102 Å². The van der Waals surface area contributed by atoms with Gasteiger partial charge in [-0.25, -0.2) is 0 Å². The molecule has 0 spiro atoms. The maximum absolute atomic E-state index is 4.23. The Balaban J connectivity index is 1.79. The fourth-order valence-electron chi connectivity index (χ4n) is 2.66. The van der Waals surface area contributed by atoms with E-state index in [1.54, 1.807) is 5.57 Å². The molecule has 17 heavy (non-hydrogen) atoms. The van der Waals surface area contributed by atoms with Gasteiger partial charge in [0.1, 0.15) is 0 Å². The predicted molar refractivity (Wildman–Crippen MR) is 72.4 cm³/mol. The molecule has 1 aromatic carbocycles. The van der Waals surface area contributed by atoms with Crippen LogP contribution in [0.3, 0.4) is 0 Å². The van der Waals surface area contributed by atoms with Crippen molar-refractivity contribution in [1.29, 1.82) is 0 Å². The molecule has 0 bridgehead atoms. The predicted octanol–water partition coefficient (Wildman–Crippen LogP) is 2.71. The number of nitrogens with zero attached hydrogens (tertiary/aromatic N) is 1. The minimum absolute atomic E-state index is 0.521. The smallest absolute Gasteiger partial charge is 0.0827 e. The SMILES string of the molecule is Cc1ccc2c(c1)C=C(C[C@@H]1CN=CN1)CC2. The van der Waals surface area contributed by atoms with Crippen LogP contribution in [0.2, 0.25) is 0 Å². The second kappa shape index (κ2) is 4.36. The summed E-state index contributed by atoms with van der Waals surface area (Å²) in [5.41, 5.74) is 5.83. The van der Waals surface area contributed by atoms with Crippen LogP contribution in [0.25, 0.3) is 6.08 Å². The summed E-state index contributed by atoms with van der Waals surface area (Å²) in [6.07, 6.45) is 7.74. The molecule has 1 heterocycles. The summed E-state index contributed by atoms with van der Waals surface area (Å²) in [6, 6.07) is 7.30. The van der Waals surface area contributed by atoms with E-state index in [-0.39, 0.29) is 0 Å². The number of aliphatic imine (C=N–C) groups is 1. The van der Waals surface area contributed by atoms with Crippen molar-refractivity contribution < 1.29 is 0 Å². The van der Waals surface area contributed by atoms with Crippen LogP contribution in [0.4, 0.5) is 0 Å². The van der Waals surface area contributed by atoms with E-state index in [1.165, 1.54) is 29.5 Å². The Morgan fingerprint density at radius 3 is 3.12 bits per heavy atom. The second-order valence-electron chi connectivity index (χ2n) is 5.07. The second-order valence-corrected chi connectivity index (χ2v) is 5.07. The highest BCUT2D eigenvalue weighted by atomic mass is 15.0. The van der Waals surface area contributed by atoms with Crippen molar-refractivity contribution in [3.05, 3.63) is 40.5 Å². The van der Waals surface area contributed by atoms with Gasteiger partial charge in [0.15, 0.2) is 0 Å². The van der Waals surface area contributed by atoms with Crippen LogP contribution in [0.15, 0.2) is 28.8 Å². The van der Waals surface area contributed by atoms with Crippen LogP contribution in [0, 0.1) is 6.92 Å². The van der Waals surface area contributed by atoms with Gasteiger partial charge in [0.25, 0.3) is 0 Å². The van der Waals surface area contributed by atoms with Crippen LogP contribution in [0.5, 0.6) is 0 Å². The first kappa shape index (κ1) is 10.6. The Morgan fingerprint density at radius 2 is 2.29 bits per heavy atom. The van der Waals surface area contributed by atoms with Crippen LogP contribution >= 0.6 is 0 Å². The van der Waals surface area contributed by atoms with Gasteiger partial charge in [-0.3, -0.25) is 4.99 Å². The van der Waals surface area contributed by atoms with E-state index in [0.29, 0.717) is 6.04 Å². The highest BCUT2D eigenvalue weighted by Crippen LogP contribution is 2.27. The number of nitrogens with one attached hydrogen (secondary N) is 1. The highest BCUT2D eigenvalue weighted by molar-refractivity contribution is 5.61. The molecule has 2 heteroatoms. The topological polar surface area (TPSA) is 24.4 Å². The van der Waals surface area contributed by atoms with Crippen molar-refractivity contribution in [2.45, 2.75) is 32.2 Å². The van der Waals surface area contributed by atoms with Gasteiger partial charge in [0.2, 0.25) is 0 Å². The summed E-state index contributed by atoms with van der Waals surface area (Å²) in [6.45, 7) is 3.09. The third-order valence-electron chi connectivity index (χ3n) is 3.61. The quantitative estimate of drug-likeness (QED) is 0.824. The van der Waals surface area contributed by atoms with Gasteiger partial charge in [0, 0.05) is 0 Å². The molecule has 0 amide bonds. The van der Waals surface area contributed by atoms with Gasteiger partial charge >= 0.3 is 0 Å². The molecule has 1 atom stereocenters. The third kappa shape index (κ3) is 2.26. The lowest BCUT2D eigenvalue weighted by molar-refractivity contribution is 0.636. The lowest BCUT2D eigenvalue weighted by Gasteiger charge is -2.19. The normalized spacial score (nSPS) is 21.9. The summed E-state index contributed by atoms with van der Waals surface area (Å²) in [5, 5.41) is 3.31. The number of hydrogen-bond donors (Lipinski definition) is 1. The van der Waals surface area contributed by atoms with Crippen molar-refractivity contribution in [3.8, 4) is 0 Å². The molecule has 1 aromatic rings. The Bertz CT molecular complexity index is 478. The van der Waals surface area contributed by atoms with Crippen LogP contribution in [-0.4, -0.2) is 18.9 Å². The summed E-state index contributed by atoms with van der Waals surface area (Å²) >= 11 is 0. The van der Waals surface area contributed by atoms with E-state index in [0.717, 1.165) is 13.0 Å². The largest absolute Gasteiger partial charge is 0.372 e. The van der Waals surface area contributed by atoms with Crippen molar-refractivity contribution in [2.75, 3.05) is 6.54 Å². The maximum Gasteiger partial charge on any atom is 0.0827 e. The first-order valence-corrected chi connectivity index (χ1v) is 6.34. The number of fused-ring (bicyclic) bond motifs is 1. The fourth-order valence-corrected chi connectivity index (χ4v) is 2.66. The Hall–Kier alpha value is -1.57. The van der Waals surface area contributed by atoms with E-state index < -0.39 is 0 Å². The fraction of sp³-hybridized carbons (Fsp3) is 0.400. The molecule has 0 saturated heterocycles. The molecular formula is C15H18N2. The molecule has 0 aromatic heterocycles. The van der Waals surface area contributed by atoms with Crippen molar-refractivity contribution >= 4 is 12.4 Å². The van der Waals surface area contributed by atoms with Gasteiger partial charge < -0.3 is 5.32 Å². The average Bonchev–Trinajstić information content (AvgIpc) is 2.81. The monoisotopic (exact) mass is 226 g/mol. The van der Waals surface area contributed by atoms with Gasteiger partial charge in [-0.2, -0.15) is 0 Å². The minimum Gasteiger partial charge on any atom is -0.372 e. The molecule has 0 saturated carbocycles. The van der Waals surface area contributed by atoms with E-state index in [2.05, 4.69) is 41.5 Å². The summed E-state index contributed by atoms with van der Waals surface area (Å²) in [7, 11) is 0. The minimum atomic E-state index is 0.521. The molecule has 0 fully saturated rings. The number of aryl methyl sites for hydroxylation is 2. The standard InChI is InChI=1S/C15H18N2/c1-11-2-4-13-5-3-12(7-14(13)6-11)8-15-9-16-10-17-15/h2,4,6-7,10,15H,3,5,8-9H2,1H3,(H,16,17)/t15-/m1/s1. The van der Waals surface area contributed by atoms with Crippen molar-refractivity contribution in [3.63, 3.8) is 0 Å². The van der Waals surface area contributed by atoms with Gasteiger partial charge in [-0.1, -0.05) is 35.4 Å². The van der Waals surface area contributed by atoms with Gasteiger partial charge in [0.05, 0.1) is 18.9 Å². The van der Waals surface area contributed by atoms with E-state index in [9.17, 15) is 0 Å². The molecule has 1 N–H and O–H groups in total. The van der Waals surface area contributed by atoms with Gasteiger partial charge in [-0.15, -0.1) is 0 Å². The lowest BCUT2D eigenvalue weighted by Crippen LogP contribution is -2.25. The van der Waals surface area contributed by atoms with E-state index >= 15 is 0 Å². The van der Waals surface area contributed by atoms with Crippen LogP contribution in [0.1, 0.15) is 29.5 Å². The summed E-state index contributed by atoms with van der Waals surface area (Å²) in [4.78, 5) is 4.23. The molecule has 2 nitrogen and oxygen atoms in total. The molecule has 0 unspecified atom stereocenters. The molecule has 1 aliphatic heterocycles. The molecule has 0 radical (unpaired) electrons. The highest BCUT2D eigenvalue weighted by Gasteiger charge is 2.16. The average molecular weight is 226 g/mol. The third-order valence-corrected chi connectivity index (χ3v) is 3.61. The zero-order valence-corrected chi connectivity index (χ0v) is 10.2. The zero-order chi connectivity index (χ0) is 11.7. The van der Waals surface area contributed by atoms with E-state index in [1.807, 2.05) is 6.34 Å². The summed E-state index contributed by atoms with van der Waals surface area (Å²) < 4.78 is 0. The first-order chi connectivity index (χ1) is 8.31. The van der Waals surface area contributed by atoms with E-state index in [4.69, 9.17) is 0 Å². The lowest BCUT2D eigenvalue weighted by atomic mass is 9.88. The van der Waals surface area contributed by atoms with Crippen LogP contribution in [-0.2, 0) is 6.42 Å². The van der Waals surface area contributed by atoms with Crippen molar-refractivity contribution in [2.24, 2.45) is 4.99 Å². The van der Waals surface area contributed by atoms with Gasteiger partial charge in [-0.05, 0) is 37.3 Å².